The zero-order valence-corrected chi connectivity index (χ0v) is 21.9. The smallest absolute Gasteiger partial charge is 0.410 e. The summed E-state index contributed by atoms with van der Waals surface area (Å²) in [5.74, 6) is 0.564. The molecule has 1 amide bonds. The van der Waals surface area contributed by atoms with E-state index >= 15 is 0 Å². The van der Waals surface area contributed by atoms with E-state index in [0.29, 0.717) is 37.6 Å². The van der Waals surface area contributed by atoms with Gasteiger partial charge in [0.1, 0.15) is 6.61 Å². The molecule has 2 bridgehead atoms. The maximum absolute atomic E-state index is 13.4. The van der Waals surface area contributed by atoms with E-state index in [1.165, 1.54) is 22.3 Å². The van der Waals surface area contributed by atoms with Crippen LogP contribution in [0.15, 0.2) is 60.9 Å². The van der Waals surface area contributed by atoms with Gasteiger partial charge < -0.3 is 14.4 Å². The Labute approximate surface area is 228 Å². The highest BCUT2D eigenvalue weighted by atomic mass is 16.6. The Hall–Kier alpha value is -3.78. The van der Waals surface area contributed by atoms with Crippen molar-refractivity contribution >= 4 is 17.8 Å². The van der Waals surface area contributed by atoms with Crippen LogP contribution in [0.2, 0.25) is 0 Å². The summed E-state index contributed by atoms with van der Waals surface area (Å²) in [5.41, 5.74) is 5.33. The molecular formula is C31H32N4O4. The van der Waals surface area contributed by atoms with Crippen molar-refractivity contribution in [2.75, 3.05) is 37.8 Å². The fourth-order valence-corrected chi connectivity index (χ4v) is 6.86. The third kappa shape index (κ3) is 4.36. The number of anilines is 1. The molecule has 8 nitrogen and oxygen atoms in total. The molecule has 0 spiro atoms. The normalized spacial score (nSPS) is 23.8. The molecule has 200 valence electrons. The van der Waals surface area contributed by atoms with Gasteiger partial charge in [0.15, 0.2) is 5.78 Å². The summed E-state index contributed by atoms with van der Waals surface area (Å²) in [6.45, 7) is 3.03. The van der Waals surface area contributed by atoms with Gasteiger partial charge in [-0.25, -0.2) is 14.8 Å². The van der Waals surface area contributed by atoms with E-state index in [1.807, 2.05) is 29.2 Å². The Morgan fingerprint density at radius 2 is 1.46 bits per heavy atom. The first-order valence-electron chi connectivity index (χ1n) is 14.0. The van der Waals surface area contributed by atoms with Gasteiger partial charge in [-0.2, -0.15) is 0 Å². The second-order valence-corrected chi connectivity index (χ2v) is 11.1. The Morgan fingerprint density at radius 1 is 0.872 bits per heavy atom. The van der Waals surface area contributed by atoms with Crippen LogP contribution in [0.3, 0.4) is 0 Å². The predicted octanol–water partition coefficient (Wildman–Crippen LogP) is 4.69. The molecule has 2 aromatic carbocycles. The van der Waals surface area contributed by atoms with Crippen molar-refractivity contribution < 1.29 is 19.1 Å². The first-order valence-corrected chi connectivity index (χ1v) is 14.0. The van der Waals surface area contributed by atoms with Gasteiger partial charge in [-0.3, -0.25) is 9.69 Å². The SMILES string of the molecule is O=C(c1cnc(N2CCCC2)nc1)C1CC2COCC(C1)N2C(=O)OCC1c2ccccc2-c2ccccc21. The Bertz CT molecular complexity index is 1330. The molecular weight excluding hydrogens is 492 g/mol. The van der Waals surface area contributed by atoms with E-state index in [2.05, 4.69) is 39.1 Å². The third-order valence-corrected chi connectivity index (χ3v) is 8.75. The summed E-state index contributed by atoms with van der Waals surface area (Å²) in [5, 5.41) is 0. The molecule has 4 aliphatic rings. The molecule has 1 aliphatic carbocycles. The largest absolute Gasteiger partial charge is 0.448 e. The summed E-state index contributed by atoms with van der Waals surface area (Å²) in [6.07, 6.45) is 6.40. The summed E-state index contributed by atoms with van der Waals surface area (Å²) in [7, 11) is 0. The van der Waals surface area contributed by atoms with E-state index in [9.17, 15) is 9.59 Å². The maximum atomic E-state index is 13.4. The van der Waals surface area contributed by atoms with Crippen molar-refractivity contribution in [2.24, 2.45) is 5.92 Å². The Balaban J connectivity index is 1.03. The predicted molar refractivity (Wildman–Crippen MR) is 146 cm³/mol. The van der Waals surface area contributed by atoms with Crippen molar-refractivity contribution in [3.05, 3.63) is 77.6 Å². The number of ketones is 1. The number of rotatable bonds is 5. The number of morpholine rings is 1. The van der Waals surface area contributed by atoms with E-state index in [4.69, 9.17) is 9.47 Å². The van der Waals surface area contributed by atoms with Gasteiger partial charge >= 0.3 is 6.09 Å². The number of Topliss-reactive ketones (excluding diaryl/α,β-unsaturated/α-hetero) is 1. The Morgan fingerprint density at radius 3 is 2.08 bits per heavy atom. The zero-order chi connectivity index (χ0) is 26.3. The first kappa shape index (κ1) is 24.3. The van der Waals surface area contributed by atoms with Crippen molar-refractivity contribution in [3.8, 4) is 11.1 Å². The van der Waals surface area contributed by atoms with Crippen molar-refractivity contribution in [2.45, 2.75) is 43.7 Å². The van der Waals surface area contributed by atoms with Gasteiger partial charge in [0.25, 0.3) is 0 Å². The monoisotopic (exact) mass is 524 g/mol. The van der Waals surface area contributed by atoms with E-state index in [1.54, 1.807) is 12.4 Å². The molecule has 3 aliphatic heterocycles. The van der Waals surface area contributed by atoms with Gasteiger partial charge in [0, 0.05) is 37.3 Å². The number of amides is 1. The molecule has 3 aromatic rings. The van der Waals surface area contributed by atoms with Crippen LogP contribution in [0.25, 0.3) is 11.1 Å². The average Bonchev–Trinajstić information content (AvgIpc) is 3.62. The van der Waals surface area contributed by atoms with Crippen molar-refractivity contribution in [3.63, 3.8) is 0 Å². The van der Waals surface area contributed by atoms with Crippen molar-refractivity contribution in [1.82, 2.24) is 14.9 Å². The lowest BCUT2D eigenvalue weighted by Crippen LogP contribution is -2.60. The minimum absolute atomic E-state index is 0.0140. The molecule has 2 unspecified atom stereocenters. The standard InChI is InChI=1S/C31H32N4O4/c36-29(21-15-32-30(33-16-21)34-11-5-6-12-34)20-13-22-17-38-18-23(14-20)35(22)31(37)39-19-28-26-9-3-1-7-24(26)25-8-2-4-10-27(25)28/h1-4,7-10,15-16,20,22-23,28H,5-6,11-14,17-19H2. The van der Waals surface area contributed by atoms with Crippen LogP contribution < -0.4 is 4.90 Å². The highest BCUT2D eigenvalue weighted by molar-refractivity contribution is 5.97. The van der Waals surface area contributed by atoms with Crippen LogP contribution in [0.5, 0.6) is 0 Å². The molecule has 39 heavy (non-hydrogen) atoms. The molecule has 0 radical (unpaired) electrons. The lowest BCUT2D eigenvalue weighted by atomic mass is 9.81. The quantitative estimate of drug-likeness (QED) is 0.448. The lowest BCUT2D eigenvalue weighted by Gasteiger charge is -2.47. The molecule has 3 fully saturated rings. The molecule has 4 heterocycles. The van der Waals surface area contributed by atoms with Crippen LogP contribution in [-0.2, 0) is 9.47 Å². The van der Waals surface area contributed by atoms with Gasteiger partial charge in [-0.15, -0.1) is 0 Å². The number of benzene rings is 2. The van der Waals surface area contributed by atoms with Gasteiger partial charge in [0.2, 0.25) is 5.95 Å². The van der Waals surface area contributed by atoms with Crippen molar-refractivity contribution in [1.29, 1.82) is 0 Å². The molecule has 0 N–H and O–H groups in total. The van der Waals surface area contributed by atoms with Crippen LogP contribution in [0.1, 0.15) is 53.1 Å². The number of hydrogen-bond donors (Lipinski definition) is 0. The third-order valence-electron chi connectivity index (χ3n) is 8.75. The molecule has 8 heteroatoms. The minimum atomic E-state index is -0.320. The summed E-state index contributed by atoms with van der Waals surface area (Å²) in [6, 6.07) is 16.3. The topological polar surface area (TPSA) is 84.9 Å². The number of hydrogen-bond acceptors (Lipinski definition) is 7. The minimum Gasteiger partial charge on any atom is -0.448 e. The number of carbonyl (C=O) groups excluding carboxylic acids is 2. The molecule has 0 saturated carbocycles. The summed E-state index contributed by atoms with van der Waals surface area (Å²) in [4.78, 5) is 39.8. The average molecular weight is 525 g/mol. The van der Waals surface area contributed by atoms with Gasteiger partial charge in [-0.05, 0) is 47.9 Å². The Kier molecular flexibility index (Phi) is 6.27. The van der Waals surface area contributed by atoms with E-state index in [0.717, 1.165) is 25.9 Å². The number of carbonyl (C=O) groups is 2. The summed E-state index contributed by atoms with van der Waals surface area (Å²) >= 11 is 0. The van der Waals surface area contributed by atoms with E-state index in [-0.39, 0.29) is 42.4 Å². The molecule has 7 rings (SSSR count). The molecule has 3 saturated heterocycles. The van der Waals surface area contributed by atoms with Gasteiger partial charge in [-0.1, -0.05) is 48.5 Å². The highest BCUT2D eigenvalue weighted by Gasteiger charge is 2.45. The van der Waals surface area contributed by atoms with Crippen LogP contribution in [0, 0.1) is 5.92 Å². The lowest BCUT2D eigenvalue weighted by molar-refractivity contribution is -0.0747. The number of aromatic nitrogens is 2. The van der Waals surface area contributed by atoms with Crippen LogP contribution in [-0.4, -0.2) is 71.7 Å². The second kappa shape index (κ2) is 10.1. The van der Waals surface area contributed by atoms with Gasteiger partial charge in [0.05, 0.1) is 30.9 Å². The number of nitrogens with zero attached hydrogens (tertiary/aromatic N) is 4. The number of ether oxygens (including phenoxy) is 2. The fraction of sp³-hybridized carbons (Fsp3) is 0.419. The maximum Gasteiger partial charge on any atom is 0.410 e. The molecule has 1 aromatic heterocycles. The zero-order valence-electron chi connectivity index (χ0n) is 21.9. The van der Waals surface area contributed by atoms with Crippen LogP contribution >= 0.6 is 0 Å². The molecule has 2 atom stereocenters. The fourth-order valence-electron chi connectivity index (χ4n) is 6.86. The first-order chi connectivity index (χ1) is 19.2. The number of piperidine rings is 1. The summed E-state index contributed by atoms with van der Waals surface area (Å²) < 4.78 is 11.8. The highest BCUT2D eigenvalue weighted by Crippen LogP contribution is 2.44. The number of fused-ring (bicyclic) bond motifs is 5. The van der Waals surface area contributed by atoms with Crippen LogP contribution in [0.4, 0.5) is 10.7 Å². The van der Waals surface area contributed by atoms with E-state index < -0.39 is 0 Å². The second-order valence-electron chi connectivity index (χ2n) is 11.1.